The predicted molar refractivity (Wildman–Crippen MR) is 106 cm³/mol. The van der Waals surface area contributed by atoms with Gasteiger partial charge in [-0.15, -0.1) is 0 Å². The van der Waals surface area contributed by atoms with E-state index in [0.717, 1.165) is 11.1 Å². The maximum absolute atomic E-state index is 12.5. The SMILES string of the molecule is O=C(O)C1(c2ccccc2)NC=C(c2ccccc2)N=C1c1ccccc1. The molecule has 0 radical (unpaired) electrons. The zero-order valence-electron chi connectivity index (χ0n) is 14.5. The van der Waals surface area contributed by atoms with Crippen molar-refractivity contribution in [3.63, 3.8) is 0 Å². The van der Waals surface area contributed by atoms with Crippen LogP contribution in [-0.4, -0.2) is 16.8 Å². The number of rotatable bonds is 4. The Morgan fingerprint density at radius 3 is 1.85 bits per heavy atom. The maximum atomic E-state index is 12.5. The van der Waals surface area contributed by atoms with Gasteiger partial charge in [-0.25, -0.2) is 9.79 Å². The molecule has 4 nitrogen and oxygen atoms in total. The molecule has 0 fully saturated rings. The summed E-state index contributed by atoms with van der Waals surface area (Å²) in [6.07, 6.45) is 1.68. The Hall–Kier alpha value is -3.66. The van der Waals surface area contributed by atoms with Crippen LogP contribution in [0.1, 0.15) is 16.7 Å². The molecular formula is C23H18N2O2. The third-order valence-electron chi connectivity index (χ3n) is 4.66. The van der Waals surface area contributed by atoms with Crippen molar-refractivity contribution in [2.75, 3.05) is 0 Å². The van der Waals surface area contributed by atoms with E-state index in [1.165, 1.54) is 0 Å². The van der Waals surface area contributed by atoms with Crippen molar-refractivity contribution in [2.45, 2.75) is 5.54 Å². The molecule has 0 saturated carbocycles. The first-order valence-corrected chi connectivity index (χ1v) is 8.68. The zero-order valence-corrected chi connectivity index (χ0v) is 14.5. The number of hydrogen-bond donors (Lipinski definition) is 2. The number of hydrogen-bond acceptors (Lipinski definition) is 3. The number of carbonyl (C=O) groups is 1. The molecule has 0 amide bonds. The lowest BCUT2D eigenvalue weighted by atomic mass is 9.80. The number of carboxylic acids is 1. The number of nitrogens with zero attached hydrogens (tertiary/aromatic N) is 1. The average Bonchev–Trinajstić information content (AvgIpc) is 2.75. The normalized spacial score (nSPS) is 18.8. The van der Waals surface area contributed by atoms with Gasteiger partial charge in [0, 0.05) is 11.8 Å². The average molecular weight is 354 g/mol. The van der Waals surface area contributed by atoms with E-state index in [4.69, 9.17) is 4.99 Å². The summed E-state index contributed by atoms with van der Waals surface area (Å²) in [6.45, 7) is 0. The predicted octanol–water partition coefficient (Wildman–Crippen LogP) is 4.06. The van der Waals surface area contributed by atoms with Crippen LogP contribution >= 0.6 is 0 Å². The Bertz CT molecular complexity index is 1010. The van der Waals surface area contributed by atoms with E-state index in [2.05, 4.69) is 5.32 Å². The van der Waals surface area contributed by atoms with Crippen LogP contribution in [0.15, 0.2) is 102 Å². The summed E-state index contributed by atoms with van der Waals surface area (Å²) in [6, 6.07) is 28.3. The largest absolute Gasteiger partial charge is 0.479 e. The van der Waals surface area contributed by atoms with Crippen LogP contribution in [0.4, 0.5) is 0 Å². The summed E-state index contributed by atoms with van der Waals surface area (Å²) in [4.78, 5) is 17.3. The minimum Gasteiger partial charge on any atom is -0.479 e. The molecule has 0 bridgehead atoms. The molecule has 27 heavy (non-hydrogen) atoms. The quantitative estimate of drug-likeness (QED) is 0.743. The highest BCUT2D eigenvalue weighted by Gasteiger charge is 2.47. The summed E-state index contributed by atoms with van der Waals surface area (Å²) < 4.78 is 0. The second-order valence-corrected chi connectivity index (χ2v) is 6.29. The lowest BCUT2D eigenvalue weighted by molar-refractivity contribution is -0.141. The summed E-state index contributed by atoms with van der Waals surface area (Å²) in [5.74, 6) is -1.00. The fraction of sp³-hybridized carbons (Fsp3) is 0.0435. The molecule has 0 spiro atoms. The summed E-state index contributed by atoms with van der Waals surface area (Å²) in [5, 5.41) is 13.4. The molecule has 1 aliphatic rings. The van der Waals surface area contributed by atoms with Gasteiger partial charge in [0.05, 0.1) is 11.4 Å². The van der Waals surface area contributed by atoms with Gasteiger partial charge in [0.2, 0.25) is 5.54 Å². The smallest absolute Gasteiger partial charge is 0.340 e. The Morgan fingerprint density at radius 2 is 1.30 bits per heavy atom. The van der Waals surface area contributed by atoms with Crippen LogP contribution in [0.25, 0.3) is 5.70 Å². The Kier molecular flexibility index (Phi) is 4.30. The van der Waals surface area contributed by atoms with Crippen molar-refractivity contribution >= 4 is 17.4 Å². The van der Waals surface area contributed by atoms with Crippen molar-refractivity contribution in [3.05, 3.63) is 114 Å². The summed E-state index contributed by atoms with van der Waals surface area (Å²) in [5.41, 5.74) is 2.01. The van der Waals surface area contributed by atoms with Crippen molar-refractivity contribution in [1.82, 2.24) is 5.32 Å². The van der Waals surface area contributed by atoms with E-state index < -0.39 is 11.5 Å². The number of aliphatic imine (C=N–C) groups is 1. The van der Waals surface area contributed by atoms with Crippen molar-refractivity contribution < 1.29 is 9.90 Å². The van der Waals surface area contributed by atoms with Gasteiger partial charge in [-0.2, -0.15) is 0 Å². The van der Waals surface area contributed by atoms with Crippen LogP contribution in [0.5, 0.6) is 0 Å². The van der Waals surface area contributed by atoms with Crippen LogP contribution in [0, 0.1) is 0 Å². The molecule has 0 aliphatic carbocycles. The zero-order chi connectivity index (χ0) is 18.7. The summed E-state index contributed by atoms with van der Waals surface area (Å²) >= 11 is 0. The van der Waals surface area contributed by atoms with Crippen LogP contribution in [-0.2, 0) is 10.3 Å². The minimum absolute atomic E-state index is 0.461. The molecule has 2 N–H and O–H groups in total. The first kappa shape index (κ1) is 16.8. The van der Waals surface area contributed by atoms with E-state index in [-0.39, 0.29) is 0 Å². The van der Waals surface area contributed by atoms with E-state index >= 15 is 0 Å². The van der Waals surface area contributed by atoms with Crippen LogP contribution in [0.3, 0.4) is 0 Å². The molecule has 1 aliphatic heterocycles. The highest BCUT2D eigenvalue weighted by molar-refractivity contribution is 6.21. The monoisotopic (exact) mass is 354 g/mol. The number of aliphatic carboxylic acids is 1. The molecule has 1 heterocycles. The Labute approximate surface area is 157 Å². The van der Waals surface area contributed by atoms with E-state index in [1.807, 2.05) is 78.9 Å². The Morgan fingerprint density at radius 1 is 0.778 bits per heavy atom. The van der Waals surface area contributed by atoms with Crippen LogP contribution in [0.2, 0.25) is 0 Å². The first-order chi connectivity index (χ1) is 13.2. The fourth-order valence-corrected chi connectivity index (χ4v) is 3.31. The van der Waals surface area contributed by atoms with Crippen molar-refractivity contribution in [1.29, 1.82) is 0 Å². The molecule has 4 rings (SSSR count). The number of benzene rings is 3. The first-order valence-electron chi connectivity index (χ1n) is 8.68. The van der Waals surface area contributed by atoms with Gasteiger partial charge in [-0.3, -0.25) is 0 Å². The maximum Gasteiger partial charge on any atom is 0.340 e. The third-order valence-corrected chi connectivity index (χ3v) is 4.66. The molecular weight excluding hydrogens is 336 g/mol. The minimum atomic E-state index is -1.46. The van der Waals surface area contributed by atoms with Gasteiger partial charge < -0.3 is 10.4 Å². The molecule has 4 heteroatoms. The number of nitrogens with one attached hydrogen (secondary N) is 1. The molecule has 1 unspecified atom stereocenters. The Balaban J connectivity index is 1.94. The summed E-state index contributed by atoms with van der Waals surface area (Å²) in [7, 11) is 0. The van der Waals surface area contributed by atoms with E-state index in [0.29, 0.717) is 17.0 Å². The van der Waals surface area contributed by atoms with E-state index in [9.17, 15) is 9.90 Å². The molecule has 0 aromatic heterocycles. The van der Waals surface area contributed by atoms with Gasteiger partial charge in [-0.05, 0) is 11.1 Å². The molecule has 1 atom stereocenters. The molecule has 3 aromatic carbocycles. The van der Waals surface area contributed by atoms with E-state index in [1.54, 1.807) is 18.3 Å². The second kappa shape index (κ2) is 6.92. The van der Waals surface area contributed by atoms with Gasteiger partial charge in [0.15, 0.2) is 0 Å². The second-order valence-electron chi connectivity index (χ2n) is 6.29. The molecule has 3 aromatic rings. The highest BCUT2D eigenvalue weighted by atomic mass is 16.4. The van der Waals surface area contributed by atoms with Crippen molar-refractivity contribution in [2.24, 2.45) is 4.99 Å². The third kappa shape index (κ3) is 2.91. The highest BCUT2D eigenvalue weighted by Crippen LogP contribution is 2.33. The van der Waals surface area contributed by atoms with Crippen LogP contribution < -0.4 is 5.32 Å². The van der Waals surface area contributed by atoms with Gasteiger partial charge in [-0.1, -0.05) is 91.0 Å². The topological polar surface area (TPSA) is 61.7 Å². The fourth-order valence-electron chi connectivity index (χ4n) is 3.31. The molecule has 132 valence electrons. The van der Waals surface area contributed by atoms with Gasteiger partial charge >= 0.3 is 5.97 Å². The lowest BCUT2D eigenvalue weighted by Gasteiger charge is -2.35. The van der Waals surface area contributed by atoms with Gasteiger partial charge in [0.1, 0.15) is 0 Å². The standard InChI is InChI=1S/C23H18N2O2/c26-22(27)23(19-14-8-3-9-15-19)21(18-12-6-2-7-13-18)25-20(16-24-23)17-10-4-1-5-11-17/h1-16,24H,(H,26,27). The molecule has 0 saturated heterocycles. The van der Waals surface area contributed by atoms with Gasteiger partial charge in [0.25, 0.3) is 0 Å². The number of carboxylic acid groups (broad SMARTS) is 1. The lowest BCUT2D eigenvalue weighted by Crippen LogP contribution is -2.55. The van der Waals surface area contributed by atoms with Crippen molar-refractivity contribution in [3.8, 4) is 0 Å².